The normalized spacial score (nSPS) is 17.7. The van der Waals surface area contributed by atoms with Crippen LogP contribution in [0.2, 0.25) is 0 Å². The number of carboxylic acids is 1. The zero-order chi connectivity index (χ0) is 32.8. The summed E-state index contributed by atoms with van der Waals surface area (Å²) in [4.78, 5) is 41.6. The van der Waals surface area contributed by atoms with E-state index in [1.807, 2.05) is 18.7 Å². The van der Waals surface area contributed by atoms with Gasteiger partial charge >= 0.3 is 5.97 Å². The number of amides is 1. The van der Waals surface area contributed by atoms with Crippen molar-refractivity contribution in [1.82, 2.24) is 24.3 Å². The number of carboxylic acid groups (broad SMARTS) is 1. The van der Waals surface area contributed by atoms with Crippen molar-refractivity contribution in [3.8, 4) is 21.8 Å². The van der Waals surface area contributed by atoms with Crippen molar-refractivity contribution >= 4 is 55.7 Å². The first-order valence-electron chi connectivity index (χ1n) is 16.8. The third-order valence-electron chi connectivity index (χ3n) is 9.88. The first-order chi connectivity index (χ1) is 22.7. The number of likely N-dealkylation sites (tertiary alicyclic amines) is 1. The molecule has 47 heavy (non-hydrogen) atoms. The van der Waals surface area contributed by atoms with Crippen LogP contribution in [0.5, 0.6) is 0 Å². The highest BCUT2D eigenvalue weighted by Gasteiger charge is 2.31. The van der Waals surface area contributed by atoms with Gasteiger partial charge in [0.15, 0.2) is 0 Å². The lowest BCUT2D eigenvalue weighted by Gasteiger charge is -2.34. The van der Waals surface area contributed by atoms with Crippen LogP contribution in [0.1, 0.15) is 76.8 Å². The zero-order valence-corrected chi connectivity index (χ0v) is 29.3. The monoisotopic (exact) mass is 669 g/mol. The number of benzene rings is 1. The second kappa shape index (κ2) is 13.1. The largest absolute Gasteiger partial charge is 0.477 e. The average molecular weight is 670 g/mol. The van der Waals surface area contributed by atoms with Crippen LogP contribution < -0.4 is 0 Å². The van der Waals surface area contributed by atoms with Gasteiger partial charge in [0, 0.05) is 25.0 Å². The van der Waals surface area contributed by atoms with Crippen molar-refractivity contribution in [3.63, 3.8) is 0 Å². The van der Waals surface area contributed by atoms with E-state index in [1.54, 1.807) is 17.4 Å². The molecule has 1 aliphatic carbocycles. The number of carbonyl (C=O) groups is 2. The number of fused-ring (bicyclic) bond motifs is 2. The Morgan fingerprint density at radius 3 is 2.51 bits per heavy atom. The fourth-order valence-corrected chi connectivity index (χ4v) is 9.87. The number of thiophene rings is 1. The smallest absolute Gasteiger partial charge is 0.345 e. The molecule has 8 nitrogen and oxygen atoms in total. The molecule has 1 amide bonds. The highest BCUT2D eigenvalue weighted by atomic mass is 32.1. The molecule has 2 fully saturated rings. The summed E-state index contributed by atoms with van der Waals surface area (Å²) in [5.74, 6) is -0.0278. The Hall–Kier alpha value is -3.60. The van der Waals surface area contributed by atoms with E-state index in [0.29, 0.717) is 16.7 Å². The molecular weight excluding hydrogens is 627 g/mol. The van der Waals surface area contributed by atoms with E-state index in [0.717, 1.165) is 112 Å². The van der Waals surface area contributed by atoms with Crippen LogP contribution in [0, 0.1) is 19.8 Å². The number of aromatic nitrogens is 3. The van der Waals surface area contributed by atoms with E-state index in [1.165, 1.54) is 23.3 Å². The lowest BCUT2D eigenvalue weighted by atomic mass is 9.83. The molecule has 1 aromatic carbocycles. The first kappa shape index (κ1) is 32.0. The van der Waals surface area contributed by atoms with Crippen LogP contribution in [0.4, 0.5) is 0 Å². The van der Waals surface area contributed by atoms with E-state index in [2.05, 4.69) is 58.9 Å². The Morgan fingerprint density at radius 1 is 0.979 bits per heavy atom. The van der Waals surface area contributed by atoms with Gasteiger partial charge in [-0.05, 0) is 101 Å². The SMILES string of the molecule is Cc1nc(C)c(-c2ccc3cc(-c4c(C5CCCCC5)c5sc(C(=O)O)cc5n4CC(=O)N4CCCC(CN(C)C)C4)ccc3n2)s1. The fourth-order valence-electron chi connectivity index (χ4n) is 7.86. The van der Waals surface area contributed by atoms with E-state index in [-0.39, 0.29) is 12.5 Å². The van der Waals surface area contributed by atoms with E-state index < -0.39 is 5.97 Å². The summed E-state index contributed by atoms with van der Waals surface area (Å²) in [6.45, 7) is 6.75. The molecule has 0 radical (unpaired) electrons. The molecule has 7 rings (SSSR count). The number of pyridine rings is 1. The molecule has 1 unspecified atom stereocenters. The second-order valence-corrected chi connectivity index (χ2v) is 15.9. The summed E-state index contributed by atoms with van der Waals surface area (Å²) in [5.41, 5.74) is 7.04. The number of carbonyl (C=O) groups excluding carboxylic acids is 1. The number of piperidine rings is 1. The molecule has 1 saturated heterocycles. The van der Waals surface area contributed by atoms with Gasteiger partial charge in [0.05, 0.1) is 42.7 Å². The molecule has 0 bridgehead atoms. The van der Waals surface area contributed by atoms with Gasteiger partial charge in [-0.3, -0.25) is 4.79 Å². The molecular formula is C37H43N5O3S2. The maximum absolute atomic E-state index is 14.1. The van der Waals surface area contributed by atoms with Gasteiger partial charge < -0.3 is 19.5 Å². The number of aryl methyl sites for hydroxylation is 2. The van der Waals surface area contributed by atoms with Gasteiger partial charge in [0.25, 0.3) is 0 Å². The minimum absolute atomic E-state index is 0.104. The van der Waals surface area contributed by atoms with E-state index in [9.17, 15) is 14.7 Å². The van der Waals surface area contributed by atoms with Crippen molar-refractivity contribution in [1.29, 1.82) is 0 Å². The minimum Gasteiger partial charge on any atom is -0.477 e. The van der Waals surface area contributed by atoms with Crippen molar-refractivity contribution in [3.05, 3.63) is 57.5 Å². The molecule has 1 saturated carbocycles. The summed E-state index contributed by atoms with van der Waals surface area (Å²) in [5, 5.41) is 12.1. The number of hydrogen-bond acceptors (Lipinski definition) is 7. The third-order valence-corrected chi connectivity index (χ3v) is 12.1. The topological polar surface area (TPSA) is 91.6 Å². The lowest BCUT2D eigenvalue weighted by Crippen LogP contribution is -2.44. The summed E-state index contributed by atoms with van der Waals surface area (Å²) in [6.07, 6.45) is 7.84. The Labute approximate surface area is 284 Å². The lowest BCUT2D eigenvalue weighted by molar-refractivity contribution is -0.133. The molecule has 10 heteroatoms. The van der Waals surface area contributed by atoms with Crippen molar-refractivity contribution in [2.75, 3.05) is 33.7 Å². The molecule has 1 N–H and O–H groups in total. The van der Waals surface area contributed by atoms with Gasteiger partial charge in [-0.15, -0.1) is 22.7 Å². The van der Waals surface area contributed by atoms with Gasteiger partial charge in [-0.1, -0.05) is 31.4 Å². The summed E-state index contributed by atoms with van der Waals surface area (Å²) >= 11 is 3.03. The third kappa shape index (κ3) is 6.35. The number of thiazole rings is 1. The molecule has 246 valence electrons. The van der Waals surface area contributed by atoms with Crippen LogP contribution in [-0.4, -0.2) is 75.0 Å². The van der Waals surface area contributed by atoms with Crippen molar-refractivity contribution in [2.24, 2.45) is 5.92 Å². The Kier molecular flexibility index (Phi) is 8.93. The maximum Gasteiger partial charge on any atom is 0.345 e. The quantitative estimate of drug-likeness (QED) is 0.179. The van der Waals surface area contributed by atoms with Gasteiger partial charge in [-0.25, -0.2) is 14.8 Å². The van der Waals surface area contributed by atoms with Crippen LogP contribution in [0.3, 0.4) is 0 Å². The van der Waals surface area contributed by atoms with Gasteiger partial charge in [0.1, 0.15) is 11.4 Å². The van der Waals surface area contributed by atoms with Crippen molar-refractivity contribution in [2.45, 2.75) is 71.3 Å². The molecule has 5 heterocycles. The Morgan fingerprint density at radius 2 is 1.79 bits per heavy atom. The maximum atomic E-state index is 14.1. The minimum atomic E-state index is -0.915. The summed E-state index contributed by atoms with van der Waals surface area (Å²) in [6, 6.07) is 12.4. The Bertz CT molecular complexity index is 1970. The average Bonchev–Trinajstić information content (AvgIpc) is 3.72. The molecule has 5 aromatic rings. The van der Waals surface area contributed by atoms with E-state index in [4.69, 9.17) is 4.98 Å². The number of aromatic carboxylic acids is 1. The second-order valence-electron chi connectivity index (χ2n) is 13.7. The molecule has 1 atom stereocenters. The molecule has 1 aliphatic heterocycles. The van der Waals surface area contributed by atoms with Crippen LogP contribution in [-0.2, 0) is 11.3 Å². The summed E-state index contributed by atoms with van der Waals surface area (Å²) in [7, 11) is 4.18. The van der Waals surface area contributed by atoms with Crippen molar-refractivity contribution < 1.29 is 14.7 Å². The van der Waals surface area contributed by atoms with E-state index >= 15 is 0 Å². The van der Waals surface area contributed by atoms with Gasteiger partial charge in [0.2, 0.25) is 5.91 Å². The predicted octanol–water partition coefficient (Wildman–Crippen LogP) is 8.20. The number of nitrogens with zero attached hydrogens (tertiary/aromatic N) is 5. The Balaban J connectivity index is 1.34. The predicted molar refractivity (Wildman–Crippen MR) is 192 cm³/mol. The first-order valence-corrected chi connectivity index (χ1v) is 18.5. The highest BCUT2D eigenvalue weighted by molar-refractivity contribution is 7.21. The van der Waals surface area contributed by atoms with Crippen LogP contribution in [0.25, 0.3) is 42.9 Å². The number of rotatable bonds is 8. The molecule has 0 spiro atoms. The molecule has 2 aliphatic rings. The number of hydrogen-bond donors (Lipinski definition) is 1. The van der Waals surface area contributed by atoms with Crippen LogP contribution in [0.15, 0.2) is 36.4 Å². The van der Waals surface area contributed by atoms with Gasteiger partial charge in [-0.2, -0.15) is 0 Å². The fraction of sp³-hybridized carbons (Fsp3) is 0.459. The standard InChI is InChI=1S/C37H43N5O3S2/c1-22-35(46-23(2)38-22)29-15-12-26-17-27(13-14-28(26)39-29)34-33(25-10-6-5-7-11-25)36-30(18-31(47-36)37(44)45)42(34)21-32(43)41-16-8-9-24(20-41)19-40(3)4/h12-15,17-18,24-25H,5-11,16,19-21H2,1-4H3,(H,44,45). The zero-order valence-electron chi connectivity index (χ0n) is 27.7. The highest BCUT2D eigenvalue weighted by Crippen LogP contribution is 2.47. The van der Waals surface area contributed by atoms with Crippen LogP contribution >= 0.6 is 22.7 Å². The molecule has 4 aromatic heterocycles. The summed E-state index contributed by atoms with van der Waals surface area (Å²) < 4.78 is 3.16.